The van der Waals surface area contributed by atoms with Crippen LogP contribution in [-0.4, -0.2) is 10.3 Å². The Morgan fingerprint density at radius 3 is 2.86 bits per heavy atom. The molecule has 0 aliphatic carbocycles. The summed E-state index contributed by atoms with van der Waals surface area (Å²) in [6.45, 7) is 1.82. The summed E-state index contributed by atoms with van der Waals surface area (Å²) >= 11 is 0. The lowest BCUT2D eigenvalue weighted by molar-refractivity contribution is 0.439. The first-order chi connectivity index (χ1) is 6.68. The summed E-state index contributed by atoms with van der Waals surface area (Å²) in [6, 6.07) is 6.86. The van der Waals surface area contributed by atoms with Crippen LogP contribution in [0, 0.1) is 6.92 Å². The number of phenols is 1. The number of benzene rings is 1. The van der Waals surface area contributed by atoms with E-state index in [1.807, 2.05) is 13.0 Å². The van der Waals surface area contributed by atoms with Crippen molar-refractivity contribution in [1.29, 1.82) is 0 Å². The monoisotopic (exact) mass is 190 g/mol. The highest BCUT2D eigenvalue weighted by Crippen LogP contribution is 2.28. The minimum atomic E-state index is 0.240. The second kappa shape index (κ2) is 3.06. The lowest BCUT2D eigenvalue weighted by atomic mass is 10.1. The molecule has 1 aromatic heterocycles. The fourth-order valence-corrected chi connectivity index (χ4v) is 1.32. The molecule has 2 aromatic rings. The normalized spacial score (nSPS) is 10.4. The van der Waals surface area contributed by atoms with E-state index in [0.717, 1.165) is 11.1 Å². The molecule has 0 aliphatic rings. The van der Waals surface area contributed by atoms with Crippen LogP contribution >= 0.6 is 0 Å². The molecule has 0 saturated carbocycles. The predicted octanol–water partition coefficient (Wildman–Crippen LogP) is 1.94. The maximum Gasteiger partial charge on any atom is 0.222 e. The Morgan fingerprint density at radius 2 is 2.21 bits per heavy atom. The maximum absolute atomic E-state index is 9.48. The number of aromatic hydroxyl groups is 1. The zero-order valence-corrected chi connectivity index (χ0v) is 7.69. The van der Waals surface area contributed by atoms with Gasteiger partial charge in [-0.2, -0.15) is 0 Å². The molecule has 14 heavy (non-hydrogen) atoms. The average Bonchev–Trinajstić information content (AvgIpc) is 2.57. The summed E-state index contributed by atoms with van der Waals surface area (Å²) in [7, 11) is 0. The van der Waals surface area contributed by atoms with E-state index in [1.54, 1.807) is 18.2 Å². The van der Waals surface area contributed by atoms with Crippen LogP contribution in [0.3, 0.4) is 0 Å². The summed E-state index contributed by atoms with van der Waals surface area (Å²) in [5, 5.41) is 13.3. The van der Waals surface area contributed by atoms with Crippen molar-refractivity contribution in [3.05, 3.63) is 29.8 Å². The van der Waals surface area contributed by atoms with Crippen LogP contribution in [0.4, 0.5) is 5.88 Å². The van der Waals surface area contributed by atoms with Crippen molar-refractivity contribution >= 4 is 5.88 Å². The predicted molar refractivity (Wildman–Crippen MR) is 52.8 cm³/mol. The zero-order chi connectivity index (χ0) is 10.1. The molecule has 72 valence electrons. The van der Waals surface area contributed by atoms with Gasteiger partial charge in [-0.15, -0.1) is 0 Å². The van der Waals surface area contributed by atoms with Gasteiger partial charge in [-0.3, -0.25) is 0 Å². The topological polar surface area (TPSA) is 72.3 Å². The summed E-state index contributed by atoms with van der Waals surface area (Å²) in [4.78, 5) is 0. The van der Waals surface area contributed by atoms with E-state index >= 15 is 0 Å². The first-order valence-electron chi connectivity index (χ1n) is 4.19. The maximum atomic E-state index is 9.48. The number of nitrogen functional groups attached to an aromatic ring is 1. The average molecular weight is 190 g/mol. The Hall–Kier alpha value is -1.97. The molecular formula is C10H10N2O2. The van der Waals surface area contributed by atoms with Crippen molar-refractivity contribution in [3.63, 3.8) is 0 Å². The minimum Gasteiger partial charge on any atom is -0.508 e. The summed E-state index contributed by atoms with van der Waals surface area (Å²) in [5.74, 6) is 0.506. The molecule has 4 nitrogen and oxygen atoms in total. The highest BCUT2D eigenvalue weighted by Gasteiger charge is 2.08. The van der Waals surface area contributed by atoms with E-state index < -0.39 is 0 Å². The molecule has 3 N–H and O–H groups in total. The van der Waals surface area contributed by atoms with E-state index in [4.69, 9.17) is 10.3 Å². The van der Waals surface area contributed by atoms with Gasteiger partial charge in [-0.05, 0) is 13.0 Å². The molecule has 0 fully saturated rings. The first kappa shape index (κ1) is 8.62. The molecule has 1 aromatic carbocycles. The third-order valence-corrected chi connectivity index (χ3v) is 2.11. The van der Waals surface area contributed by atoms with Crippen molar-refractivity contribution in [2.24, 2.45) is 0 Å². The Balaban J connectivity index is 2.57. The van der Waals surface area contributed by atoms with Crippen LogP contribution in [0.2, 0.25) is 0 Å². The third-order valence-electron chi connectivity index (χ3n) is 2.11. The largest absolute Gasteiger partial charge is 0.508 e. The van der Waals surface area contributed by atoms with Gasteiger partial charge in [-0.25, -0.2) is 0 Å². The van der Waals surface area contributed by atoms with E-state index in [0.29, 0.717) is 5.69 Å². The number of anilines is 1. The van der Waals surface area contributed by atoms with Crippen molar-refractivity contribution in [2.45, 2.75) is 6.92 Å². The van der Waals surface area contributed by atoms with Gasteiger partial charge in [0.1, 0.15) is 11.4 Å². The molecule has 0 spiro atoms. The zero-order valence-electron chi connectivity index (χ0n) is 7.69. The number of phenolic OH excluding ortho intramolecular Hbond substituents is 1. The molecule has 0 aliphatic heterocycles. The second-order valence-corrected chi connectivity index (χ2v) is 3.06. The van der Waals surface area contributed by atoms with Gasteiger partial charge in [0.2, 0.25) is 5.88 Å². The Kier molecular flexibility index (Phi) is 1.89. The van der Waals surface area contributed by atoms with Gasteiger partial charge in [0.05, 0.1) is 0 Å². The fraction of sp³-hybridized carbons (Fsp3) is 0.100. The second-order valence-electron chi connectivity index (χ2n) is 3.06. The van der Waals surface area contributed by atoms with Gasteiger partial charge in [0.25, 0.3) is 0 Å². The molecule has 2 rings (SSSR count). The molecular weight excluding hydrogens is 180 g/mol. The van der Waals surface area contributed by atoms with Crippen molar-refractivity contribution in [3.8, 4) is 17.0 Å². The van der Waals surface area contributed by atoms with Gasteiger partial charge in [0.15, 0.2) is 0 Å². The van der Waals surface area contributed by atoms with Crippen LogP contribution in [-0.2, 0) is 0 Å². The molecule has 0 radical (unpaired) electrons. The molecule has 0 amide bonds. The molecule has 0 atom stereocenters. The highest BCUT2D eigenvalue weighted by molar-refractivity contribution is 5.67. The Bertz CT molecular complexity index is 463. The van der Waals surface area contributed by atoms with Gasteiger partial charge >= 0.3 is 0 Å². The SMILES string of the molecule is Cc1c(O)cccc1-c1cc(N)on1. The number of aromatic nitrogens is 1. The third kappa shape index (κ3) is 1.31. The van der Waals surface area contributed by atoms with Gasteiger partial charge in [0, 0.05) is 17.2 Å². The van der Waals surface area contributed by atoms with Crippen LogP contribution in [0.5, 0.6) is 5.75 Å². The summed E-state index contributed by atoms with van der Waals surface area (Å²) < 4.78 is 4.76. The Labute approximate surface area is 81.0 Å². The number of nitrogens with zero attached hydrogens (tertiary/aromatic N) is 1. The van der Waals surface area contributed by atoms with E-state index in [-0.39, 0.29) is 11.6 Å². The number of rotatable bonds is 1. The summed E-state index contributed by atoms with van der Waals surface area (Å²) in [6.07, 6.45) is 0. The lowest BCUT2D eigenvalue weighted by Gasteiger charge is -2.02. The number of nitrogens with two attached hydrogens (primary N) is 1. The van der Waals surface area contributed by atoms with Crippen molar-refractivity contribution in [1.82, 2.24) is 5.16 Å². The van der Waals surface area contributed by atoms with Crippen LogP contribution in [0.1, 0.15) is 5.56 Å². The molecule has 1 heterocycles. The minimum absolute atomic E-state index is 0.240. The Morgan fingerprint density at radius 1 is 1.43 bits per heavy atom. The first-order valence-corrected chi connectivity index (χ1v) is 4.19. The molecule has 0 unspecified atom stereocenters. The summed E-state index contributed by atoms with van der Waals surface area (Å²) in [5.41, 5.74) is 7.64. The highest BCUT2D eigenvalue weighted by atomic mass is 16.5. The fourth-order valence-electron chi connectivity index (χ4n) is 1.32. The van der Waals surface area contributed by atoms with Crippen LogP contribution < -0.4 is 5.73 Å². The van der Waals surface area contributed by atoms with E-state index in [9.17, 15) is 5.11 Å². The standard InChI is InChI=1S/C10H10N2O2/c1-6-7(3-2-4-9(6)13)8-5-10(11)14-12-8/h2-5,13H,11H2,1H3. The number of hydrogen-bond acceptors (Lipinski definition) is 4. The van der Waals surface area contributed by atoms with E-state index in [2.05, 4.69) is 5.16 Å². The van der Waals surface area contributed by atoms with E-state index in [1.165, 1.54) is 0 Å². The van der Waals surface area contributed by atoms with Crippen molar-refractivity contribution in [2.75, 3.05) is 5.73 Å². The van der Waals surface area contributed by atoms with Gasteiger partial charge < -0.3 is 15.4 Å². The van der Waals surface area contributed by atoms with Crippen molar-refractivity contribution < 1.29 is 9.63 Å². The van der Waals surface area contributed by atoms with Gasteiger partial charge in [-0.1, -0.05) is 17.3 Å². The lowest BCUT2D eigenvalue weighted by Crippen LogP contribution is -1.83. The smallest absolute Gasteiger partial charge is 0.222 e. The quantitative estimate of drug-likeness (QED) is 0.720. The molecule has 0 bridgehead atoms. The van der Waals surface area contributed by atoms with Crippen LogP contribution in [0.15, 0.2) is 28.8 Å². The van der Waals surface area contributed by atoms with Crippen LogP contribution in [0.25, 0.3) is 11.3 Å². The number of hydrogen-bond donors (Lipinski definition) is 2. The molecule has 4 heteroatoms. The molecule has 0 saturated heterocycles.